The minimum absolute atomic E-state index is 0.0921. The van der Waals surface area contributed by atoms with Crippen LogP contribution in [0.25, 0.3) is 0 Å². The average Bonchev–Trinajstić information content (AvgIpc) is 2.65. The Morgan fingerprint density at radius 2 is 1.52 bits per heavy atom. The molecule has 0 unspecified atom stereocenters. The molecule has 0 saturated carbocycles. The molecule has 2 aromatic carbocycles. The van der Waals surface area contributed by atoms with Crippen molar-refractivity contribution in [3.63, 3.8) is 0 Å². The Balaban J connectivity index is 2.06. The van der Waals surface area contributed by atoms with Crippen molar-refractivity contribution >= 4 is 17.6 Å². The highest BCUT2D eigenvalue weighted by Gasteiger charge is 2.17. The van der Waals surface area contributed by atoms with Crippen molar-refractivity contribution in [2.24, 2.45) is 0 Å². The van der Waals surface area contributed by atoms with E-state index in [1.165, 1.54) is 0 Å². The van der Waals surface area contributed by atoms with Crippen molar-refractivity contribution in [2.75, 3.05) is 11.9 Å². The number of hydrogen-bond donors (Lipinski definition) is 2. The molecule has 0 aromatic heterocycles. The molecule has 144 valence electrons. The van der Waals surface area contributed by atoms with Gasteiger partial charge < -0.3 is 15.2 Å². The van der Waals surface area contributed by atoms with Gasteiger partial charge >= 0.3 is 5.97 Å². The van der Waals surface area contributed by atoms with Gasteiger partial charge in [0.2, 0.25) is 0 Å². The number of amides is 1. The monoisotopic (exact) mass is 369 g/mol. The highest BCUT2D eigenvalue weighted by molar-refractivity contribution is 5.96. The van der Waals surface area contributed by atoms with Crippen molar-refractivity contribution in [2.45, 2.75) is 46.1 Å². The first-order valence-corrected chi connectivity index (χ1v) is 9.13. The topological polar surface area (TPSA) is 75.6 Å². The number of nitrogens with one attached hydrogen (secondary N) is 1. The third kappa shape index (κ3) is 5.41. The van der Waals surface area contributed by atoms with E-state index in [0.29, 0.717) is 11.1 Å². The van der Waals surface area contributed by atoms with Gasteiger partial charge in [-0.05, 0) is 40.7 Å². The first kappa shape index (κ1) is 20.6. The van der Waals surface area contributed by atoms with E-state index in [1.54, 1.807) is 24.3 Å². The van der Waals surface area contributed by atoms with Gasteiger partial charge in [0.25, 0.3) is 5.91 Å². The molecule has 0 atom stereocenters. The van der Waals surface area contributed by atoms with Crippen LogP contribution in [0, 0.1) is 0 Å². The summed E-state index contributed by atoms with van der Waals surface area (Å²) in [5, 5.41) is 12.0. The first-order chi connectivity index (χ1) is 12.8. The van der Waals surface area contributed by atoms with E-state index in [0.717, 1.165) is 16.8 Å². The van der Waals surface area contributed by atoms with Crippen LogP contribution in [0.15, 0.2) is 42.5 Å². The number of esters is 1. The van der Waals surface area contributed by atoms with Crippen LogP contribution in [-0.4, -0.2) is 23.6 Å². The molecule has 5 heteroatoms. The van der Waals surface area contributed by atoms with Gasteiger partial charge in [-0.3, -0.25) is 4.79 Å². The largest absolute Gasteiger partial charge is 0.452 e. The van der Waals surface area contributed by atoms with E-state index >= 15 is 0 Å². The van der Waals surface area contributed by atoms with Gasteiger partial charge in [-0.2, -0.15) is 0 Å². The number of hydrogen-bond acceptors (Lipinski definition) is 4. The Bertz CT molecular complexity index is 768. The molecular formula is C22H27NO4. The van der Waals surface area contributed by atoms with Gasteiger partial charge in [0.15, 0.2) is 6.61 Å². The first-order valence-electron chi connectivity index (χ1n) is 9.13. The summed E-state index contributed by atoms with van der Waals surface area (Å²) >= 11 is 0. The van der Waals surface area contributed by atoms with Crippen molar-refractivity contribution in [3.8, 4) is 0 Å². The summed E-state index contributed by atoms with van der Waals surface area (Å²) in [6.45, 7) is 7.85. The Morgan fingerprint density at radius 1 is 0.963 bits per heavy atom. The highest BCUT2D eigenvalue weighted by atomic mass is 16.5. The van der Waals surface area contributed by atoms with E-state index in [4.69, 9.17) is 9.84 Å². The summed E-state index contributed by atoms with van der Waals surface area (Å²) in [6, 6.07) is 12.4. The molecule has 27 heavy (non-hydrogen) atoms. The van der Waals surface area contributed by atoms with Gasteiger partial charge in [0.1, 0.15) is 0 Å². The standard InChI is InChI=1S/C22H27NO4/c1-14(2)18-6-5-7-19(15(3)4)21(18)23-20(25)13-27-22(26)17-10-8-16(12-24)9-11-17/h5-11,14-15,24H,12-13H2,1-4H3,(H,23,25). The fourth-order valence-electron chi connectivity index (χ4n) is 2.83. The minimum Gasteiger partial charge on any atom is -0.452 e. The highest BCUT2D eigenvalue weighted by Crippen LogP contribution is 2.32. The number of carbonyl (C=O) groups is 2. The quantitative estimate of drug-likeness (QED) is 0.717. The molecule has 2 aromatic rings. The molecule has 0 saturated heterocycles. The van der Waals surface area contributed by atoms with Gasteiger partial charge in [0.05, 0.1) is 12.2 Å². The van der Waals surface area contributed by atoms with Crippen LogP contribution in [0.2, 0.25) is 0 Å². The maximum atomic E-state index is 12.4. The van der Waals surface area contributed by atoms with Crippen molar-refractivity contribution < 1.29 is 19.4 Å². The van der Waals surface area contributed by atoms with Crippen LogP contribution >= 0.6 is 0 Å². The second-order valence-electron chi connectivity index (χ2n) is 7.10. The number of carbonyl (C=O) groups excluding carboxylic acids is 2. The molecule has 0 fully saturated rings. The molecule has 1 amide bonds. The Labute approximate surface area is 160 Å². The predicted octanol–water partition coefficient (Wildman–Crippen LogP) is 4.22. The maximum Gasteiger partial charge on any atom is 0.338 e. The lowest BCUT2D eigenvalue weighted by Crippen LogP contribution is -2.22. The lowest BCUT2D eigenvalue weighted by Gasteiger charge is -2.20. The lowest BCUT2D eigenvalue weighted by atomic mass is 9.92. The molecular weight excluding hydrogens is 342 g/mol. The van der Waals surface area contributed by atoms with Crippen LogP contribution in [0.1, 0.15) is 66.6 Å². The molecule has 2 rings (SSSR count). The third-order valence-electron chi connectivity index (χ3n) is 4.34. The van der Waals surface area contributed by atoms with Crippen LogP contribution in [0.4, 0.5) is 5.69 Å². The molecule has 0 spiro atoms. The fourth-order valence-corrected chi connectivity index (χ4v) is 2.83. The smallest absolute Gasteiger partial charge is 0.338 e. The van der Waals surface area contributed by atoms with E-state index in [-0.39, 0.29) is 31.0 Å². The number of benzene rings is 2. The number of ether oxygens (including phenoxy) is 1. The number of para-hydroxylation sites is 1. The minimum atomic E-state index is -0.573. The van der Waals surface area contributed by atoms with Gasteiger partial charge in [-0.25, -0.2) is 4.79 Å². The number of aliphatic hydroxyl groups excluding tert-OH is 1. The van der Waals surface area contributed by atoms with Gasteiger partial charge in [0, 0.05) is 5.69 Å². The molecule has 0 heterocycles. The Hall–Kier alpha value is -2.66. The molecule has 0 radical (unpaired) electrons. The van der Waals surface area contributed by atoms with E-state index in [1.807, 2.05) is 18.2 Å². The molecule has 5 nitrogen and oxygen atoms in total. The van der Waals surface area contributed by atoms with E-state index in [2.05, 4.69) is 33.0 Å². The second kappa shape index (κ2) is 9.33. The van der Waals surface area contributed by atoms with Gasteiger partial charge in [-0.15, -0.1) is 0 Å². The van der Waals surface area contributed by atoms with Crippen molar-refractivity contribution in [3.05, 3.63) is 64.7 Å². The number of aliphatic hydroxyl groups is 1. The zero-order chi connectivity index (χ0) is 20.0. The summed E-state index contributed by atoms with van der Waals surface area (Å²) in [7, 11) is 0. The SMILES string of the molecule is CC(C)c1cccc(C(C)C)c1NC(=O)COC(=O)c1ccc(CO)cc1. The van der Waals surface area contributed by atoms with Crippen LogP contribution in [-0.2, 0) is 16.1 Å². The van der Waals surface area contributed by atoms with E-state index in [9.17, 15) is 9.59 Å². The zero-order valence-corrected chi connectivity index (χ0v) is 16.3. The summed E-state index contributed by atoms with van der Waals surface area (Å²) in [6.07, 6.45) is 0. The summed E-state index contributed by atoms with van der Waals surface area (Å²) < 4.78 is 5.12. The predicted molar refractivity (Wildman–Crippen MR) is 106 cm³/mol. The molecule has 0 aliphatic rings. The third-order valence-corrected chi connectivity index (χ3v) is 4.34. The van der Waals surface area contributed by atoms with E-state index < -0.39 is 5.97 Å². The normalized spacial score (nSPS) is 10.9. The van der Waals surface area contributed by atoms with Gasteiger partial charge in [-0.1, -0.05) is 58.0 Å². The van der Waals surface area contributed by atoms with Crippen LogP contribution < -0.4 is 5.32 Å². The lowest BCUT2D eigenvalue weighted by molar-refractivity contribution is -0.119. The van der Waals surface area contributed by atoms with Crippen molar-refractivity contribution in [1.29, 1.82) is 0 Å². The Kier molecular flexibility index (Phi) is 7.13. The summed E-state index contributed by atoms with van der Waals surface area (Å²) in [5.41, 5.74) is 3.96. The number of rotatable bonds is 7. The number of anilines is 1. The van der Waals surface area contributed by atoms with Crippen LogP contribution in [0.3, 0.4) is 0 Å². The summed E-state index contributed by atoms with van der Waals surface area (Å²) in [5.74, 6) is -0.431. The molecule has 2 N–H and O–H groups in total. The molecule has 0 bridgehead atoms. The Morgan fingerprint density at radius 3 is 2.00 bits per heavy atom. The van der Waals surface area contributed by atoms with Crippen LogP contribution in [0.5, 0.6) is 0 Å². The molecule has 0 aliphatic carbocycles. The fraction of sp³-hybridized carbons (Fsp3) is 0.364. The summed E-state index contributed by atoms with van der Waals surface area (Å²) in [4.78, 5) is 24.5. The maximum absolute atomic E-state index is 12.4. The second-order valence-corrected chi connectivity index (χ2v) is 7.10. The van der Waals surface area contributed by atoms with Crippen molar-refractivity contribution in [1.82, 2.24) is 0 Å². The zero-order valence-electron chi connectivity index (χ0n) is 16.3. The molecule has 0 aliphatic heterocycles. The average molecular weight is 369 g/mol.